The van der Waals surface area contributed by atoms with Crippen LogP contribution in [0.2, 0.25) is 0 Å². The van der Waals surface area contributed by atoms with Gasteiger partial charge in [-0.2, -0.15) is 0 Å². The highest BCUT2D eigenvalue weighted by Crippen LogP contribution is 2.51. The lowest BCUT2D eigenvalue weighted by Crippen LogP contribution is -2.26. The number of carbonyl (C=O) groups is 2. The molecule has 0 heterocycles. The summed E-state index contributed by atoms with van der Waals surface area (Å²) < 4.78 is 38.8. The van der Waals surface area contributed by atoms with Gasteiger partial charge in [-0.3, -0.25) is 19.2 Å². The second-order valence-electron chi connectivity index (χ2n) is 13.5. The second-order valence-corrected chi connectivity index (χ2v) is 14.3. The third-order valence-corrected chi connectivity index (χ3v) is 11.0. The first-order valence-electron chi connectivity index (χ1n) is 18.5. The van der Waals surface area contributed by atoms with Gasteiger partial charge in [0.15, 0.2) is 34.2 Å². The Morgan fingerprint density at radius 1 is 0.552 bits per heavy atom. The fraction of sp³-hybridized carbons (Fsp3) is 0.364. The molecular formula is C44H50N2O11S. The van der Waals surface area contributed by atoms with Crippen LogP contribution >= 0.6 is 11.8 Å². The molecule has 308 valence electrons. The van der Waals surface area contributed by atoms with Gasteiger partial charge < -0.3 is 43.8 Å². The number of nitrogens with one attached hydrogen (secondary N) is 2. The van der Waals surface area contributed by atoms with Crippen molar-refractivity contribution in [2.45, 2.75) is 56.5 Å². The first-order chi connectivity index (χ1) is 27.9. The number of fused-ring (bicyclic) bond motifs is 6. The molecule has 2 amide bonds. The van der Waals surface area contributed by atoms with Crippen molar-refractivity contribution in [1.29, 1.82) is 0 Å². The van der Waals surface area contributed by atoms with Crippen LogP contribution in [-0.4, -0.2) is 67.8 Å². The highest BCUT2D eigenvalue weighted by molar-refractivity contribution is 7.98. The Balaban J connectivity index is 0.000000221. The summed E-state index contributed by atoms with van der Waals surface area (Å²) in [4.78, 5) is 49.7. The fourth-order valence-electron chi connectivity index (χ4n) is 7.72. The molecule has 0 spiro atoms. The number of hydrogen-bond donors (Lipinski definition) is 2. The maximum Gasteiger partial charge on any atom is 0.220 e. The van der Waals surface area contributed by atoms with Crippen LogP contribution in [0.4, 0.5) is 0 Å². The summed E-state index contributed by atoms with van der Waals surface area (Å²) in [5, 5.41) is 5.96. The number of ether oxygens (including phenoxy) is 7. The summed E-state index contributed by atoms with van der Waals surface area (Å²) in [7, 11) is 10.9. The first-order valence-corrected chi connectivity index (χ1v) is 19.7. The number of rotatable bonds is 10. The SMILES string of the molecule is COc1cc2c(c(OC)c1OC)-c1ccc(OC)c(=O)cc1C(NC(C)=O)CC2.COc1cc2c(c(OC)c1OC)-c1ccc(SC)c(=O)cc1C(NC(C)=O)CC2. The molecule has 2 aliphatic rings. The number of aryl methyl sites for hydroxylation is 2. The van der Waals surface area contributed by atoms with Crippen LogP contribution in [0.15, 0.2) is 63.0 Å². The van der Waals surface area contributed by atoms with Crippen LogP contribution in [0.1, 0.15) is 61.0 Å². The Bertz CT molecular complexity index is 2170. The first kappa shape index (κ1) is 43.2. The topological polar surface area (TPSA) is 157 Å². The summed E-state index contributed by atoms with van der Waals surface area (Å²) in [5.74, 6) is 3.09. The van der Waals surface area contributed by atoms with E-state index in [1.165, 1.54) is 38.8 Å². The van der Waals surface area contributed by atoms with Crippen molar-refractivity contribution in [2.24, 2.45) is 0 Å². The Hall–Kier alpha value is -5.89. The van der Waals surface area contributed by atoms with E-state index in [1.807, 2.05) is 36.6 Å². The largest absolute Gasteiger partial charge is 0.493 e. The van der Waals surface area contributed by atoms with Crippen molar-refractivity contribution in [3.8, 4) is 62.5 Å². The van der Waals surface area contributed by atoms with Gasteiger partial charge in [-0.15, -0.1) is 11.8 Å². The number of methoxy groups -OCH3 is 7. The second kappa shape index (κ2) is 19.0. The van der Waals surface area contributed by atoms with E-state index in [9.17, 15) is 19.2 Å². The molecule has 0 aromatic heterocycles. The van der Waals surface area contributed by atoms with E-state index in [-0.39, 0.29) is 40.5 Å². The molecule has 2 atom stereocenters. The van der Waals surface area contributed by atoms with Crippen molar-refractivity contribution in [1.82, 2.24) is 10.6 Å². The van der Waals surface area contributed by atoms with Crippen molar-refractivity contribution in [2.75, 3.05) is 56.0 Å². The van der Waals surface area contributed by atoms with Gasteiger partial charge in [0, 0.05) is 25.0 Å². The molecule has 2 unspecified atom stereocenters. The lowest BCUT2D eigenvalue weighted by atomic mass is 9.95. The normalized spacial score (nSPS) is 14.8. The van der Waals surface area contributed by atoms with Gasteiger partial charge in [-0.25, -0.2) is 0 Å². The van der Waals surface area contributed by atoms with Crippen LogP contribution in [0.25, 0.3) is 22.3 Å². The molecular weight excluding hydrogens is 765 g/mol. The third kappa shape index (κ3) is 8.66. The van der Waals surface area contributed by atoms with Gasteiger partial charge in [0.1, 0.15) is 0 Å². The number of thioether (sulfide) groups is 1. The molecule has 0 radical (unpaired) electrons. The number of hydrogen-bond acceptors (Lipinski definition) is 12. The molecule has 0 saturated carbocycles. The zero-order valence-electron chi connectivity index (χ0n) is 34.5. The van der Waals surface area contributed by atoms with E-state index in [2.05, 4.69) is 10.6 Å². The quantitative estimate of drug-likeness (QED) is 0.169. The van der Waals surface area contributed by atoms with Crippen molar-refractivity contribution in [3.63, 3.8) is 0 Å². The Morgan fingerprint density at radius 3 is 1.34 bits per heavy atom. The molecule has 0 bridgehead atoms. The van der Waals surface area contributed by atoms with Crippen LogP contribution in [0.5, 0.6) is 40.2 Å². The van der Waals surface area contributed by atoms with Gasteiger partial charge in [0.25, 0.3) is 0 Å². The minimum atomic E-state index is -0.332. The Labute approximate surface area is 342 Å². The summed E-state index contributed by atoms with van der Waals surface area (Å²) in [6, 6.07) is 13.6. The molecule has 2 aliphatic carbocycles. The summed E-state index contributed by atoms with van der Waals surface area (Å²) in [5.41, 5.74) is 6.42. The maximum atomic E-state index is 12.7. The van der Waals surface area contributed by atoms with Crippen LogP contribution in [-0.2, 0) is 22.4 Å². The van der Waals surface area contributed by atoms with Crippen LogP contribution in [0.3, 0.4) is 0 Å². The summed E-state index contributed by atoms with van der Waals surface area (Å²) >= 11 is 1.40. The van der Waals surface area contributed by atoms with E-state index < -0.39 is 0 Å². The van der Waals surface area contributed by atoms with E-state index >= 15 is 0 Å². The van der Waals surface area contributed by atoms with Crippen molar-refractivity contribution < 1.29 is 42.7 Å². The smallest absolute Gasteiger partial charge is 0.220 e. The van der Waals surface area contributed by atoms with Crippen LogP contribution in [0, 0.1) is 0 Å². The molecule has 0 fully saturated rings. The molecule has 4 aromatic carbocycles. The lowest BCUT2D eigenvalue weighted by Gasteiger charge is -2.19. The Morgan fingerprint density at radius 2 is 0.966 bits per heavy atom. The van der Waals surface area contributed by atoms with Crippen LogP contribution < -0.4 is 54.6 Å². The van der Waals surface area contributed by atoms with Gasteiger partial charge in [0.05, 0.1) is 66.7 Å². The van der Waals surface area contributed by atoms with Crippen molar-refractivity contribution in [3.05, 3.63) is 91.2 Å². The lowest BCUT2D eigenvalue weighted by molar-refractivity contribution is -0.120. The fourth-order valence-corrected chi connectivity index (χ4v) is 8.19. The molecule has 13 nitrogen and oxygen atoms in total. The van der Waals surface area contributed by atoms with Gasteiger partial charge in [-0.05, 0) is 102 Å². The standard InChI is InChI=1S/C22H25NO6.C22H25NO5S/c1-12(24)23-16-8-6-13-10-19(27-3)21(28-4)22(29-5)20(13)14-7-9-18(26-2)17(25)11-15(14)16;1-12(24)23-16-8-6-13-10-18(26-2)21(27-3)22(28-4)20(13)14-7-9-19(29-5)17(25)11-15(14)16/h2*7,9-11,16H,6,8H2,1-5H3,(H,23,24). The summed E-state index contributed by atoms with van der Waals surface area (Å²) in [6.07, 6.45) is 4.47. The highest BCUT2D eigenvalue weighted by atomic mass is 32.2. The molecule has 4 aromatic rings. The highest BCUT2D eigenvalue weighted by Gasteiger charge is 2.31. The minimum absolute atomic E-state index is 0.0722. The molecule has 6 rings (SSSR count). The predicted octanol–water partition coefficient (Wildman–Crippen LogP) is 6.46. The number of benzene rings is 2. The van der Waals surface area contributed by atoms with E-state index in [0.717, 1.165) is 38.9 Å². The van der Waals surface area contributed by atoms with Gasteiger partial charge in [-0.1, -0.05) is 12.1 Å². The van der Waals surface area contributed by atoms with E-state index in [4.69, 9.17) is 33.2 Å². The van der Waals surface area contributed by atoms with Gasteiger partial charge >= 0.3 is 0 Å². The van der Waals surface area contributed by atoms with Gasteiger partial charge in [0.2, 0.25) is 28.7 Å². The molecule has 2 N–H and O–H groups in total. The van der Waals surface area contributed by atoms with E-state index in [0.29, 0.717) is 70.6 Å². The number of carbonyl (C=O) groups excluding carboxylic acids is 2. The minimum Gasteiger partial charge on any atom is -0.493 e. The summed E-state index contributed by atoms with van der Waals surface area (Å²) in [6.45, 7) is 2.95. The monoisotopic (exact) mass is 814 g/mol. The zero-order chi connectivity index (χ0) is 42.3. The maximum absolute atomic E-state index is 12.7. The number of amides is 2. The average Bonchev–Trinajstić information content (AvgIpc) is 3.60. The molecule has 0 aliphatic heterocycles. The predicted molar refractivity (Wildman–Crippen MR) is 224 cm³/mol. The Kier molecular flexibility index (Phi) is 14.2. The molecule has 14 heteroatoms. The average molecular weight is 815 g/mol. The third-order valence-electron chi connectivity index (χ3n) is 10.2. The zero-order valence-corrected chi connectivity index (χ0v) is 35.3. The molecule has 58 heavy (non-hydrogen) atoms. The van der Waals surface area contributed by atoms with E-state index in [1.54, 1.807) is 54.8 Å². The molecule has 0 saturated heterocycles. The van der Waals surface area contributed by atoms with Crippen molar-refractivity contribution >= 4 is 23.6 Å².